The Hall–Kier alpha value is -2.13. The van der Waals surface area contributed by atoms with E-state index in [9.17, 15) is 0 Å². The van der Waals surface area contributed by atoms with Crippen LogP contribution in [-0.2, 0) is 0 Å². The molecule has 1 aromatic rings. The molecule has 0 N–H and O–H groups in total. The molecule has 3 nitrogen and oxygen atoms in total. The standard InChI is InChI=1S/C23H25N3/c1-2-12-25-13-5-7-17-20-10-9-18(22(17)25)23-21-16(11-14-26(20)23)15-6-3-4-8-19(15)24-21/h2-4,6,8,11,14,17-18,20,22H,1,5,7,9-10,12-13H2/t17-,18-,20+,22+/m0/s1. The van der Waals surface area contributed by atoms with E-state index in [-0.39, 0.29) is 0 Å². The van der Waals surface area contributed by atoms with Gasteiger partial charge in [-0.3, -0.25) is 4.90 Å². The lowest BCUT2D eigenvalue weighted by atomic mass is 9.64. The Morgan fingerprint density at radius 1 is 1.15 bits per heavy atom. The van der Waals surface area contributed by atoms with Crippen molar-refractivity contribution in [2.75, 3.05) is 13.1 Å². The highest BCUT2D eigenvalue weighted by atomic mass is 15.2. The lowest BCUT2D eigenvalue weighted by Gasteiger charge is -2.56. The summed E-state index contributed by atoms with van der Waals surface area (Å²) in [7, 11) is 0. The topological polar surface area (TPSA) is 21.1 Å². The molecule has 5 aliphatic heterocycles. The van der Waals surface area contributed by atoms with Crippen molar-refractivity contribution in [3.8, 4) is 11.3 Å². The first-order valence-electron chi connectivity index (χ1n) is 10.1. The molecule has 7 rings (SSSR count). The Bertz CT molecular complexity index is 971. The molecular weight excluding hydrogens is 318 g/mol. The molecule has 2 bridgehead atoms. The fraction of sp³-hybridized carbons (Fsp3) is 0.435. The van der Waals surface area contributed by atoms with Crippen LogP contribution in [0.3, 0.4) is 0 Å². The summed E-state index contributed by atoms with van der Waals surface area (Å²) in [6.07, 6.45) is 9.80. The maximum absolute atomic E-state index is 5.10. The molecule has 4 atom stereocenters. The monoisotopic (exact) mass is 343 g/mol. The fourth-order valence-electron chi connectivity index (χ4n) is 6.34. The maximum Gasteiger partial charge on any atom is 0.0914 e. The zero-order valence-corrected chi connectivity index (χ0v) is 15.1. The molecule has 3 heteroatoms. The van der Waals surface area contributed by atoms with Gasteiger partial charge >= 0.3 is 0 Å². The second kappa shape index (κ2) is 5.43. The van der Waals surface area contributed by atoms with Gasteiger partial charge in [-0.15, -0.1) is 6.58 Å². The van der Waals surface area contributed by atoms with Crippen LogP contribution in [0.25, 0.3) is 22.2 Å². The Balaban J connectivity index is 1.58. The minimum Gasteiger partial charge on any atom is -0.346 e. The van der Waals surface area contributed by atoms with E-state index in [1.165, 1.54) is 54.6 Å². The van der Waals surface area contributed by atoms with Crippen LogP contribution in [0.5, 0.6) is 0 Å². The number of hydrogen-bond donors (Lipinski definition) is 0. The molecule has 5 heterocycles. The van der Waals surface area contributed by atoms with Gasteiger partial charge in [-0.05, 0) is 50.3 Å². The second-order valence-corrected chi connectivity index (χ2v) is 8.33. The minimum atomic E-state index is 0.610. The van der Waals surface area contributed by atoms with Gasteiger partial charge in [0.2, 0.25) is 0 Å². The Morgan fingerprint density at radius 3 is 3.00 bits per heavy atom. The minimum absolute atomic E-state index is 0.610. The first kappa shape index (κ1) is 15.0. The summed E-state index contributed by atoms with van der Waals surface area (Å²) in [5, 5.41) is 1.30. The molecule has 0 radical (unpaired) electrons. The first-order chi connectivity index (χ1) is 12.9. The third-order valence-electron chi connectivity index (χ3n) is 7.20. The summed E-state index contributed by atoms with van der Waals surface area (Å²) in [6.45, 7) is 6.27. The number of pyridine rings is 1. The second-order valence-electron chi connectivity index (χ2n) is 8.33. The quantitative estimate of drug-likeness (QED) is 0.621. The van der Waals surface area contributed by atoms with Crippen LogP contribution in [-0.4, -0.2) is 33.6 Å². The van der Waals surface area contributed by atoms with Crippen molar-refractivity contribution < 1.29 is 0 Å². The van der Waals surface area contributed by atoms with E-state index >= 15 is 0 Å². The third-order valence-corrected chi connectivity index (χ3v) is 7.20. The molecule has 1 aromatic carbocycles. The van der Waals surface area contributed by atoms with Crippen molar-refractivity contribution in [3.05, 3.63) is 54.9 Å². The predicted octanol–water partition coefficient (Wildman–Crippen LogP) is 4.84. The molecule has 6 aliphatic rings. The van der Waals surface area contributed by atoms with E-state index < -0.39 is 0 Å². The van der Waals surface area contributed by atoms with Crippen molar-refractivity contribution >= 4 is 10.9 Å². The summed E-state index contributed by atoms with van der Waals surface area (Å²) < 4.78 is 2.61. The Morgan fingerprint density at radius 2 is 2.08 bits per heavy atom. The van der Waals surface area contributed by atoms with Crippen LogP contribution in [0.4, 0.5) is 0 Å². The van der Waals surface area contributed by atoms with E-state index in [2.05, 4.69) is 58.7 Å². The zero-order chi connectivity index (χ0) is 17.3. The highest BCUT2D eigenvalue weighted by Crippen LogP contribution is 2.55. The molecule has 0 aromatic heterocycles. The number of rotatable bonds is 2. The van der Waals surface area contributed by atoms with Crippen LogP contribution >= 0.6 is 0 Å². The number of likely N-dealkylation sites (tertiary alicyclic amines) is 1. The SMILES string of the molecule is C=CCN1CCC[C@@H]2[C@@H]1[C@@H]1CC[C@H]2n2ccc3c4ccccc4nc-3c21. The normalized spacial score (nSPS) is 30.5. The van der Waals surface area contributed by atoms with E-state index in [0.717, 1.165) is 18.0 Å². The molecule has 0 spiro atoms. The van der Waals surface area contributed by atoms with Gasteiger partial charge in [0.05, 0.1) is 11.2 Å². The maximum atomic E-state index is 5.10. The van der Waals surface area contributed by atoms with Crippen molar-refractivity contribution in [1.82, 2.24) is 14.5 Å². The number of nitrogens with zero attached hydrogens (tertiary/aromatic N) is 3. The molecule has 1 aliphatic carbocycles. The van der Waals surface area contributed by atoms with E-state index in [1.807, 2.05) is 0 Å². The molecule has 0 amide bonds. The van der Waals surface area contributed by atoms with Crippen LogP contribution < -0.4 is 0 Å². The van der Waals surface area contributed by atoms with Crippen LogP contribution in [0.2, 0.25) is 0 Å². The lowest BCUT2D eigenvalue weighted by Crippen LogP contribution is -2.57. The Kier molecular flexibility index (Phi) is 3.13. The molecule has 1 saturated heterocycles. The lowest BCUT2D eigenvalue weighted by molar-refractivity contribution is -0.00231. The smallest absolute Gasteiger partial charge is 0.0914 e. The highest BCUT2D eigenvalue weighted by molar-refractivity contribution is 5.98. The van der Waals surface area contributed by atoms with E-state index in [0.29, 0.717) is 18.0 Å². The van der Waals surface area contributed by atoms with Gasteiger partial charge < -0.3 is 4.57 Å². The molecule has 2 fully saturated rings. The summed E-state index contributed by atoms with van der Waals surface area (Å²) in [5.41, 5.74) is 5.24. The van der Waals surface area contributed by atoms with Gasteiger partial charge in [0, 0.05) is 47.4 Å². The van der Waals surface area contributed by atoms with Crippen LogP contribution in [0.1, 0.15) is 43.3 Å². The highest BCUT2D eigenvalue weighted by Gasteiger charge is 2.51. The summed E-state index contributed by atoms with van der Waals surface area (Å²) >= 11 is 0. The van der Waals surface area contributed by atoms with Crippen molar-refractivity contribution in [3.63, 3.8) is 0 Å². The average molecular weight is 343 g/mol. The first-order valence-corrected chi connectivity index (χ1v) is 10.1. The van der Waals surface area contributed by atoms with E-state index in [1.54, 1.807) is 0 Å². The molecule has 1 saturated carbocycles. The summed E-state index contributed by atoms with van der Waals surface area (Å²) in [4.78, 5) is 7.81. The van der Waals surface area contributed by atoms with Gasteiger partial charge in [-0.1, -0.05) is 24.3 Å². The Labute approximate surface area is 154 Å². The number of piperidine rings is 1. The van der Waals surface area contributed by atoms with Gasteiger partial charge in [0.15, 0.2) is 0 Å². The van der Waals surface area contributed by atoms with Gasteiger partial charge in [0.1, 0.15) is 0 Å². The van der Waals surface area contributed by atoms with Crippen LogP contribution in [0.15, 0.2) is 49.2 Å². The average Bonchev–Trinajstić information content (AvgIpc) is 3.08. The summed E-state index contributed by atoms with van der Waals surface area (Å²) in [6, 6.07) is 12.2. The number of para-hydroxylation sites is 1. The third kappa shape index (κ3) is 1.84. The van der Waals surface area contributed by atoms with E-state index in [4.69, 9.17) is 4.98 Å². The molecule has 26 heavy (non-hydrogen) atoms. The fourth-order valence-corrected chi connectivity index (χ4v) is 6.34. The van der Waals surface area contributed by atoms with Crippen LogP contribution in [0, 0.1) is 5.92 Å². The number of hydrogen-bond acceptors (Lipinski definition) is 2. The molecule has 132 valence electrons. The molecular formula is C23H25N3. The number of fused-ring (bicyclic) bond motifs is 4. The summed E-state index contributed by atoms with van der Waals surface area (Å²) in [5.74, 6) is 1.40. The predicted molar refractivity (Wildman–Crippen MR) is 106 cm³/mol. The number of benzene rings is 1. The van der Waals surface area contributed by atoms with Gasteiger partial charge in [-0.25, -0.2) is 4.98 Å². The van der Waals surface area contributed by atoms with Crippen molar-refractivity contribution in [1.29, 1.82) is 0 Å². The number of aromatic nitrogens is 2. The van der Waals surface area contributed by atoms with Gasteiger partial charge in [-0.2, -0.15) is 0 Å². The molecule has 0 unspecified atom stereocenters. The largest absolute Gasteiger partial charge is 0.346 e. The van der Waals surface area contributed by atoms with Gasteiger partial charge in [0.25, 0.3) is 0 Å². The van der Waals surface area contributed by atoms with Crippen molar-refractivity contribution in [2.24, 2.45) is 5.92 Å². The zero-order valence-electron chi connectivity index (χ0n) is 15.1. The van der Waals surface area contributed by atoms with Crippen molar-refractivity contribution in [2.45, 2.75) is 43.7 Å².